The van der Waals surface area contributed by atoms with Crippen molar-refractivity contribution in [2.75, 3.05) is 11.0 Å². The number of hydrogen-bond donors (Lipinski definition) is 1. The van der Waals surface area contributed by atoms with E-state index in [1.165, 1.54) is 24.3 Å². The van der Waals surface area contributed by atoms with Gasteiger partial charge in [-0.15, -0.1) is 0 Å². The van der Waals surface area contributed by atoms with E-state index in [1.54, 1.807) is 31.2 Å². The molecule has 0 aliphatic carbocycles. The molecule has 0 heterocycles. The number of ether oxygens (including phenoxy) is 1. The molecule has 0 radical (unpaired) electrons. The molecule has 0 aliphatic rings. The average molecular weight is 344 g/mol. The summed E-state index contributed by atoms with van der Waals surface area (Å²) in [6, 6.07) is 14.6. The zero-order valence-electron chi connectivity index (χ0n) is 13.2. The zero-order chi connectivity index (χ0) is 17.7. The smallest absolute Gasteiger partial charge is 0.229 e. The van der Waals surface area contributed by atoms with Gasteiger partial charge >= 0.3 is 0 Å². The van der Waals surface area contributed by atoms with Crippen LogP contribution in [0.4, 0.5) is 5.69 Å². The van der Waals surface area contributed by atoms with E-state index in [4.69, 9.17) is 10.00 Å². The van der Waals surface area contributed by atoms with Crippen LogP contribution in [-0.2, 0) is 10.0 Å². The van der Waals surface area contributed by atoms with Gasteiger partial charge in [-0.25, -0.2) is 8.42 Å². The van der Waals surface area contributed by atoms with Gasteiger partial charge in [0.25, 0.3) is 0 Å². The maximum atomic E-state index is 12.4. The lowest BCUT2D eigenvalue weighted by atomic mass is 10.1. The van der Waals surface area contributed by atoms with Gasteiger partial charge in [0.05, 0.1) is 17.9 Å². The van der Waals surface area contributed by atoms with Crippen LogP contribution in [-0.4, -0.2) is 26.6 Å². The molecule has 124 valence electrons. The van der Waals surface area contributed by atoms with E-state index in [9.17, 15) is 13.2 Å². The molecule has 7 heteroatoms. The zero-order valence-corrected chi connectivity index (χ0v) is 14.0. The first-order valence-corrected chi connectivity index (χ1v) is 8.96. The number of carbonyl (C=O) groups is 1. The van der Waals surface area contributed by atoms with Crippen molar-refractivity contribution in [2.24, 2.45) is 0 Å². The Balaban J connectivity index is 2.05. The van der Waals surface area contributed by atoms with E-state index in [1.807, 2.05) is 6.07 Å². The molecule has 0 bridgehead atoms. The molecule has 2 aromatic rings. The second-order valence-corrected chi connectivity index (χ2v) is 6.96. The Labute approximate surface area is 140 Å². The number of nitrogens with one attached hydrogen (secondary N) is 1. The van der Waals surface area contributed by atoms with Gasteiger partial charge in [0.2, 0.25) is 15.8 Å². The van der Waals surface area contributed by atoms with Gasteiger partial charge in [0, 0.05) is 11.3 Å². The largest absolute Gasteiger partial charge is 0.483 e. The SMILES string of the molecule is C[C@H](Oc1ccc(C#N)cc1)C(=O)c1ccc(NS(C)(=O)=O)cc1. The number of ketones is 1. The fraction of sp³-hybridized carbons (Fsp3) is 0.176. The normalized spacial score (nSPS) is 12.0. The van der Waals surface area contributed by atoms with Crippen molar-refractivity contribution in [1.29, 1.82) is 5.26 Å². The Morgan fingerprint density at radius 2 is 1.71 bits per heavy atom. The molecule has 0 saturated heterocycles. The van der Waals surface area contributed by atoms with Crippen LogP contribution in [0.5, 0.6) is 5.75 Å². The molecule has 6 nitrogen and oxygen atoms in total. The number of rotatable bonds is 6. The summed E-state index contributed by atoms with van der Waals surface area (Å²) < 4.78 is 30.2. The summed E-state index contributed by atoms with van der Waals surface area (Å²) in [5, 5.41) is 8.75. The number of benzene rings is 2. The third-order valence-corrected chi connectivity index (χ3v) is 3.74. The van der Waals surface area contributed by atoms with Crippen LogP contribution in [0, 0.1) is 11.3 Å². The molecule has 0 aromatic heterocycles. The van der Waals surface area contributed by atoms with Crippen molar-refractivity contribution in [2.45, 2.75) is 13.0 Å². The molecule has 1 N–H and O–H groups in total. The molecular weight excluding hydrogens is 328 g/mol. The molecule has 2 rings (SSSR count). The third kappa shape index (κ3) is 4.83. The summed E-state index contributed by atoms with van der Waals surface area (Å²) in [6.07, 6.45) is 0.339. The Bertz CT molecular complexity index is 866. The highest BCUT2D eigenvalue weighted by molar-refractivity contribution is 7.92. The second-order valence-electron chi connectivity index (χ2n) is 5.21. The van der Waals surface area contributed by atoms with E-state index in [0.29, 0.717) is 22.6 Å². The lowest BCUT2D eigenvalue weighted by Crippen LogP contribution is -2.23. The lowest BCUT2D eigenvalue weighted by molar-refractivity contribution is 0.0818. The summed E-state index contributed by atoms with van der Waals surface area (Å²) in [7, 11) is -3.36. The predicted molar refractivity (Wildman–Crippen MR) is 90.5 cm³/mol. The molecule has 0 saturated carbocycles. The first-order chi connectivity index (χ1) is 11.3. The van der Waals surface area contributed by atoms with Crippen LogP contribution in [0.3, 0.4) is 0 Å². The van der Waals surface area contributed by atoms with Gasteiger partial charge in [-0.1, -0.05) is 0 Å². The summed E-state index contributed by atoms with van der Waals surface area (Å²) >= 11 is 0. The number of nitriles is 1. The summed E-state index contributed by atoms with van der Waals surface area (Å²) in [5.74, 6) is 0.260. The first kappa shape index (κ1) is 17.5. The van der Waals surface area contributed by atoms with E-state index < -0.39 is 16.1 Å². The fourth-order valence-electron chi connectivity index (χ4n) is 2.02. The summed E-state index contributed by atoms with van der Waals surface area (Å²) in [4.78, 5) is 12.4. The molecular formula is C17H16N2O4S. The average Bonchev–Trinajstić information content (AvgIpc) is 2.54. The van der Waals surface area contributed by atoms with Gasteiger partial charge in [-0.2, -0.15) is 5.26 Å². The Kier molecular flexibility index (Phi) is 5.21. The molecule has 0 spiro atoms. The molecule has 24 heavy (non-hydrogen) atoms. The highest BCUT2D eigenvalue weighted by Crippen LogP contribution is 2.17. The molecule has 0 aliphatic heterocycles. The van der Waals surface area contributed by atoms with E-state index >= 15 is 0 Å². The number of anilines is 1. The fourth-order valence-corrected chi connectivity index (χ4v) is 2.58. The third-order valence-electron chi connectivity index (χ3n) is 3.14. The van der Waals surface area contributed by atoms with Crippen LogP contribution in [0.2, 0.25) is 0 Å². The van der Waals surface area contributed by atoms with Crippen molar-refractivity contribution in [3.63, 3.8) is 0 Å². The topological polar surface area (TPSA) is 96.3 Å². The molecule has 0 unspecified atom stereocenters. The number of hydrogen-bond acceptors (Lipinski definition) is 5. The molecule has 0 amide bonds. The first-order valence-electron chi connectivity index (χ1n) is 7.07. The van der Waals surface area contributed by atoms with E-state index in [0.717, 1.165) is 6.26 Å². The number of sulfonamides is 1. The monoisotopic (exact) mass is 344 g/mol. The Morgan fingerprint density at radius 3 is 2.21 bits per heavy atom. The van der Waals surface area contributed by atoms with Gasteiger partial charge in [0.15, 0.2) is 6.10 Å². The van der Waals surface area contributed by atoms with Crippen molar-refractivity contribution in [1.82, 2.24) is 0 Å². The quantitative estimate of drug-likeness (QED) is 0.813. The Morgan fingerprint density at radius 1 is 1.12 bits per heavy atom. The van der Waals surface area contributed by atoms with Crippen molar-refractivity contribution < 1.29 is 17.9 Å². The predicted octanol–water partition coefficient (Wildman–Crippen LogP) is 2.58. The molecule has 1 atom stereocenters. The number of nitrogens with zero attached hydrogens (tertiary/aromatic N) is 1. The van der Waals surface area contributed by atoms with Gasteiger partial charge in [-0.3, -0.25) is 9.52 Å². The maximum Gasteiger partial charge on any atom is 0.229 e. The maximum absolute atomic E-state index is 12.4. The second kappa shape index (κ2) is 7.15. The van der Waals surface area contributed by atoms with Crippen molar-refractivity contribution >= 4 is 21.5 Å². The van der Waals surface area contributed by atoms with E-state index in [-0.39, 0.29) is 5.78 Å². The summed E-state index contributed by atoms with van der Waals surface area (Å²) in [6.45, 7) is 1.63. The van der Waals surface area contributed by atoms with Crippen molar-refractivity contribution in [3.8, 4) is 11.8 Å². The number of Topliss-reactive ketones (excluding diaryl/α,β-unsaturated/α-hetero) is 1. The lowest BCUT2D eigenvalue weighted by Gasteiger charge is -2.14. The minimum absolute atomic E-state index is 0.231. The van der Waals surface area contributed by atoms with Crippen LogP contribution >= 0.6 is 0 Å². The highest BCUT2D eigenvalue weighted by Gasteiger charge is 2.17. The van der Waals surface area contributed by atoms with Gasteiger partial charge < -0.3 is 4.74 Å². The van der Waals surface area contributed by atoms with Crippen LogP contribution < -0.4 is 9.46 Å². The van der Waals surface area contributed by atoms with Crippen LogP contribution in [0.25, 0.3) is 0 Å². The standard InChI is InChI=1S/C17H16N2O4S/c1-12(23-16-9-3-13(11-18)4-10-16)17(20)14-5-7-15(8-6-14)19-24(2,21)22/h3-10,12,19H,1-2H3/t12-/m0/s1. The van der Waals surface area contributed by atoms with Crippen molar-refractivity contribution in [3.05, 3.63) is 59.7 Å². The minimum Gasteiger partial charge on any atom is -0.483 e. The number of carbonyl (C=O) groups excluding carboxylic acids is 1. The molecule has 2 aromatic carbocycles. The summed E-state index contributed by atoms with van der Waals surface area (Å²) in [5.41, 5.74) is 1.31. The van der Waals surface area contributed by atoms with Gasteiger partial charge in [-0.05, 0) is 55.5 Å². The van der Waals surface area contributed by atoms with Crippen LogP contribution in [0.1, 0.15) is 22.8 Å². The molecule has 0 fully saturated rings. The van der Waals surface area contributed by atoms with Gasteiger partial charge in [0.1, 0.15) is 5.75 Å². The highest BCUT2D eigenvalue weighted by atomic mass is 32.2. The van der Waals surface area contributed by atoms with E-state index in [2.05, 4.69) is 4.72 Å². The minimum atomic E-state index is -3.36. The van der Waals surface area contributed by atoms with Crippen LogP contribution in [0.15, 0.2) is 48.5 Å². The Hall–Kier alpha value is -2.85.